The van der Waals surface area contributed by atoms with Gasteiger partial charge in [0.05, 0.1) is 24.2 Å². The molecule has 1 fully saturated rings. The summed E-state index contributed by atoms with van der Waals surface area (Å²) < 4.78 is 10.3. The first-order valence-corrected chi connectivity index (χ1v) is 6.63. The van der Waals surface area contributed by atoms with Crippen LogP contribution in [0.25, 0.3) is 0 Å². The third-order valence-electron chi connectivity index (χ3n) is 3.55. The fourth-order valence-corrected chi connectivity index (χ4v) is 2.24. The SMILES string of the molecule is COc1ccc(N[C@H]2O[C@@H](C)[C@H](O)[C@@H](O)[C@H]2O)c([N+](=O)[O-])c1. The van der Waals surface area contributed by atoms with Crippen LogP contribution in [0.4, 0.5) is 11.4 Å². The highest BCUT2D eigenvalue weighted by atomic mass is 16.6. The number of nitrogens with one attached hydrogen (secondary N) is 1. The van der Waals surface area contributed by atoms with Crippen molar-refractivity contribution in [3.63, 3.8) is 0 Å². The molecule has 0 radical (unpaired) electrons. The Morgan fingerprint density at radius 2 is 1.95 bits per heavy atom. The predicted molar refractivity (Wildman–Crippen MR) is 75.6 cm³/mol. The van der Waals surface area contributed by atoms with Crippen LogP contribution in [0.15, 0.2) is 18.2 Å². The number of nitro groups is 1. The quantitative estimate of drug-likeness (QED) is 0.445. The van der Waals surface area contributed by atoms with Crippen LogP contribution in [0.2, 0.25) is 0 Å². The molecular weight excluding hydrogens is 296 g/mol. The number of hydrogen-bond acceptors (Lipinski definition) is 8. The zero-order valence-electron chi connectivity index (χ0n) is 12.0. The number of hydrogen-bond donors (Lipinski definition) is 4. The van der Waals surface area contributed by atoms with E-state index in [-0.39, 0.29) is 11.4 Å². The average molecular weight is 314 g/mol. The van der Waals surface area contributed by atoms with Crippen molar-refractivity contribution in [1.29, 1.82) is 0 Å². The zero-order chi connectivity index (χ0) is 16.4. The van der Waals surface area contributed by atoms with Gasteiger partial charge in [0.2, 0.25) is 0 Å². The third-order valence-corrected chi connectivity index (χ3v) is 3.55. The van der Waals surface area contributed by atoms with Gasteiger partial charge in [-0.25, -0.2) is 0 Å². The molecule has 0 amide bonds. The molecule has 9 nitrogen and oxygen atoms in total. The number of benzene rings is 1. The van der Waals surface area contributed by atoms with Crippen molar-refractivity contribution in [2.24, 2.45) is 0 Å². The van der Waals surface area contributed by atoms with E-state index >= 15 is 0 Å². The summed E-state index contributed by atoms with van der Waals surface area (Å²) in [5.74, 6) is 0.311. The summed E-state index contributed by atoms with van der Waals surface area (Å²) in [6.45, 7) is 1.52. The Morgan fingerprint density at radius 1 is 1.27 bits per heavy atom. The first-order valence-electron chi connectivity index (χ1n) is 6.63. The van der Waals surface area contributed by atoms with E-state index in [1.54, 1.807) is 0 Å². The van der Waals surface area contributed by atoms with Crippen molar-refractivity contribution in [2.75, 3.05) is 12.4 Å². The number of rotatable bonds is 4. The maximum atomic E-state index is 11.1. The predicted octanol–water partition coefficient (Wildman–Crippen LogP) is -0.157. The minimum atomic E-state index is -1.44. The first-order chi connectivity index (χ1) is 10.3. The highest BCUT2D eigenvalue weighted by Gasteiger charge is 2.42. The lowest BCUT2D eigenvalue weighted by atomic mass is 9.99. The molecule has 0 unspecified atom stereocenters. The molecule has 1 saturated heterocycles. The summed E-state index contributed by atoms with van der Waals surface area (Å²) in [6.07, 6.45) is -5.93. The second-order valence-corrected chi connectivity index (χ2v) is 5.02. The van der Waals surface area contributed by atoms with E-state index in [1.165, 1.54) is 32.2 Å². The molecule has 0 saturated carbocycles. The maximum absolute atomic E-state index is 11.1. The van der Waals surface area contributed by atoms with Crippen LogP contribution in [0.5, 0.6) is 5.75 Å². The average Bonchev–Trinajstić information content (AvgIpc) is 2.50. The van der Waals surface area contributed by atoms with E-state index in [0.29, 0.717) is 5.75 Å². The van der Waals surface area contributed by atoms with Crippen molar-refractivity contribution < 1.29 is 29.7 Å². The molecule has 1 heterocycles. The topological polar surface area (TPSA) is 134 Å². The van der Waals surface area contributed by atoms with Crippen molar-refractivity contribution >= 4 is 11.4 Å². The van der Waals surface area contributed by atoms with Crippen molar-refractivity contribution in [2.45, 2.75) is 37.6 Å². The second-order valence-electron chi connectivity index (χ2n) is 5.02. The van der Waals surface area contributed by atoms with Crippen LogP contribution in [0, 0.1) is 10.1 Å². The van der Waals surface area contributed by atoms with Gasteiger partial charge in [0.1, 0.15) is 29.7 Å². The second kappa shape index (κ2) is 6.44. The monoisotopic (exact) mass is 314 g/mol. The minimum Gasteiger partial charge on any atom is -0.496 e. The van der Waals surface area contributed by atoms with Gasteiger partial charge in [0.25, 0.3) is 5.69 Å². The largest absolute Gasteiger partial charge is 0.496 e. The van der Waals surface area contributed by atoms with Crippen molar-refractivity contribution in [3.05, 3.63) is 28.3 Å². The van der Waals surface area contributed by atoms with E-state index in [4.69, 9.17) is 9.47 Å². The molecule has 0 aromatic heterocycles. The van der Waals surface area contributed by atoms with Crippen LogP contribution >= 0.6 is 0 Å². The summed E-state index contributed by atoms with van der Waals surface area (Å²) in [5.41, 5.74) is -0.158. The molecule has 0 spiro atoms. The molecular formula is C13H18N2O7. The van der Waals surface area contributed by atoms with Gasteiger partial charge in [-0.1, -0.05) is 0 Å². The summed E-state index contributed by atoms with van der Waals surface area (Å²) in [6, 6.07) is 4.15. The standard InChI is InChI=1S/C13H18N2O7/c1-6-10(16)11(17)12(18)13(22-6)14-8-4-3-7(21-2)5-9(8)15(19)20/h3-6,10-14,16-18H,1-2H3/t6-,10-,11+,12+,13-/m0/s1. The molecule has 4 N–H and O–H groups in total. The lowest BCUT2D eigenvalue weighted by Gasteiger charge is -2.39. The molecule has 22 heavy (non-hydrogen) atoms. The number of methoxy groups -OCH3 is 1. The molecule has 1 aliphatic heterocycles. The fraction of sp³-hybridized carbons (Fsp3) is 0.538. The maximum Gasteiger partial charge on any atom is 0.296 e. The Hall–Kier alpha value is -1.94. The van der Waals surface area contributed by atoms with E-state index in [1.807, 2.05) is 0 Å². The number of ether oxygens (including phenoxy) is 2. The van der Waals surface area contributed by atoms with Gasteiger partial charge < -0.3 is 30.1 Å². The number of aliphatic hydroxyl groups excluding tert-OH is 3. The van der Waals surface area contributed by atoms with Gasteiger partial charge in [-0.2, -0.15) is 0 Å². The number of nitrogens with zero attached hydrogens (tertiary/aromatic N) is 1. The van der Waals surface area contributed by atoms with E-state index in [9.17, 15) is 25.4 Å². The highest BCUT2D eigenvalue weighted by Crippen LogP contribution is 2.31. The van der Waals surface area contributed by atoms with Crippen molar-refractivity contribution in [3.8, 4) is 5.75 Å². The fourth-order valence-electron chi connectivity index (χ4n) is 2.24. The van der Waals surface area contributed by atoms with Crippen LogP contribution in [0.3, 0.4) is 0 Å². The Labute approximate surface area is 126 Å². The molecule has 1 aromatic carbocycles. The third kappa shape index (κ3) is 3.12. The molecule has 122 valence electrons. The Kier molecular flexibility index (Phi) is 4.81. The Bertz CT molecular complexity index is 553. The van der Waals surface area contributed by atoms with Gasteiger partial charge in [-0.05, 0) is 19.1 Å². The summed E-state index contributed by atoms with van der Waals surface area (Å²) in [5, 5.41) is 43.1. The van der Waals surface area contributed by atoms with Gasteiger partial charge in [0, 0.05) is 0 Å². The normalized spacial score (nSPS) is 31.6. The van der Waals surface area contributed by atoms with Crippen molar-refractivity contribution in [1.82, 2.24) is 0 Å². The lowest BCUT2D eigenvalue weighted by molar-refractivity contribution is -0.384. The molecule has 0 aliphatic carbocycles. The molecule has 2 rings (SSSR count). The molecule has 1 aromatic rings. The summed E-state index contributed by atoms with van der Waals surface area (Å²) >= 11 is 0. The molecule has 1 aliphatic rings. The number of anilines is 1. The summed E-state index contributed by atoms with van der Waals surface area (Å²) in [7, 11) is 1.39. The van der Waals surface area contributed by atoms with E-state index in [2.05, 4.69) is 5.32 Å². The smallest absolute Gasteiger partial charge is 0.296 e. The van der Waals surface area contributed by atoms with Crippen LogP contribution in [0.1, 0.15) is 6.92 Å². The minimum absolute atomic E-state index is 0.102. The van der Waals surface area contributed by atoms with Crippen LogP contribution in [-0.4, -0.2) is 58.0 Å². The first kappa shape index (κ1) is 16.4. The zero-order valence-corrected chi connectivity index (χ0v) is 12.0. The van der Waals surface area contributed by atoms with E-state index in [0.717, 1.165) is 0 Å². The Balaban J connectivity index is 2.24. The Morgan fingerprint density at radius 3 is 2.55 bits per heavy atom. The number of aliphatic hydroxyl groups is 3. The molecule has 5 atom stereocenters. The van der Waals surface area contributed by atoms with Gasteiger partial charge in [0.15, 0.2) is 6.23 Å². The highest BCUT2D eigenvalue weighted by molar-refractivity contribution is 5.64. The summed E-state index contributed by atoms with van der Waals surface area (Å²) in [4.78, 5) is 10.5. The lowest BCUT2D eigenvalue weighted by Crippen LogP contribution is -2.58. The van der Waals surface area contributed by atoms with E-state index < -0.39 is 35.6 Å². The van der Waals surface area contributed by atoms with Crippen LogP contribution < -0.4 is 10.1 Å². The molecule has 9 heteroatoms. The van der Waals surface area contributed by atoms with Gasteiger partial charge in [-0.15, -0.1) is 0 Å². The van der Waals surface area contributed by atoms with Gasteiger partial charge in [-0.3, -0.25) is 10.1 Å². The number of nitro benzene ring substituents is 1. The molecule has 0 bridgehead atoms. The van der Waals surface area contributed by atoms with Gasteiger partial charge >= 0.3 is 0 Å². The van der Waals surface area contributed by atoms with Crippen LogP contribution in [-0.2, 0) is 4.74 Å².